The quantitative estimate of drug-likeness (QED) is 0.811. The Morgan fingerprint density at radius 2 is 2.06 bits per heavy atom. The van der Waals surface area contributed by atoms with Crippen molar-refractivity contribution in [1.29, 1.82) is 0 Å². The van der Waals surface area contributed by atoms with E-state index in [1.54, 1.807) is 17.3 Å². The Balaban J connectivity index is 1.81. The van der Waals surface area contributed by atoms with Crippen LogP contribution in [0.25, 0.3) is 0 Å². The van der Waals surface area contributed by atoms with Crippen LogP contribution in [0.3, 0.4) is 0 Å². The van der Waals surface area contributed by atoms with Crippen molar-refractivity contribution in [1.82, 2.24) is 20.1 Å². The second-order valence-electron chi connectivity index (χ2n) is 4.63. The number of carbonyl (C=O) groups is 1. The minimum absolute atomic E-state index is 0.175. The molecule has 1 amide bonds. The summed E-state index contributed by atoms with van der Waals surface area (Å²) in [6.45, 7) is 5.02. The number of amides is 1. The maximum Gasteiger partial charge on any atom is 0.236 e. The Morgan fingerprint density at radius 1 is 1.39 bits per heavy atom. The molecule has 0 saturated carbocycles. The number of hydrogen-bond donors (Lipinski definition) is 1. The molecule has 1 aliphatic heterocycles. The van der Waals surface area contributed by atoms with Gasteiger partial charge >= 0.3 is 0 Å². The minimum Gasteiger partial charge on any atom is -0.340 e. The molecule has 0 unspecified atom stereocenters. The minimum atomic E-state index is 0.175. The van der Waals surface area contributed by atoms with Crippen LogP contribution < -0.4 is 5.32 Å². The molecule has 0 radical (unpaired) electrons. The lowest BCUT2D eigenvalue weighted by Gasteiger charge is -2.28. The lowest BCUT2D eigenvalue weighted by atomic mass is 10.2. The van der Waals surface area contributed by atoms with E-state index in [2.05, 4.69) is 15.2 Å². The fourth-order valence-electron chi connectivity index (χ4n) is 2.03. The number of nitrogens with zero attached hydrogens (tertiary/aromatic N) is 3. The van der Waals surface area contributed by atoms with Gasteiger partial charge < -0.3 is 10.2 Å². The van der Waals surface area contributed by atoms with Gasteiger partial charge in [-0.25, -0.2) is 0 Å². The molecule has 0 spiro atoms. The fourth-order valence-corrected chi connectivity index (χ4v) is 2.03. The van der Waals surface area contributed by atoms with Gasteiger partial charge in [0.25, 0.3) is 0 Å². The molecule has 2 rings (SSSR count). The first kappa shape index (κ1) is 13.0. The van der Waals surface area contributed by atoms with E-state index in [4.69, 9.17) is 0 Å². The number of hydrogen-bond acceptors (Lipinski definition) is 4. The van der Waals surface area contributed by atoms with Crippen LogP contribution in [0.4, 0.5) is 0 Å². The molecule has 1 fully saturated rings. The second-order valence-corrected chi connectivity index (χ2v) is 4.63. The summed E-state index contributed by atoms with van der Waals surface area (Å²) in [5.74, 6) is 0.175. The van der Waals surface area contributed by atoms with E-state index in [0.717, 1.165) is 31.7 Å². The van der Waals surface area contributed by atoms with Gasteiger partial charge in [-0.2, -0.15) is 0 Å². The Kier molecular flexibility index (Phi) is 4.66. The monoisotopic (exact) mass is 248 g/mol. The van der Waals surface area contributed by atoms with E-state index in [1.165, 1.54) is 0 Å². The summed E-state index contributed by atoms with van der Waals surface area (Å²) in [5.41, 5.74) is 1.11. The lowest BCUT2D eigenvalue weighted by Crippen LogP contribution is -2.47. The Morgan fingerprint density at radius 3 is 2.72 bits per heavy atom. The summed E-state index contributed by atoms with van der Waals surface area (Å²) in [6.07, 6.45) is 3.51. The molecule has 1 aromatic heterocycles. The molecule has 5 heteroatoms. The summed E-state index contributed by atoms with van der Waals surface area (Å²) >= 11 is 0. The highest BCUT2D eigenvalue weighted by Crippen LogP contribution is 2.02. The molecular formula is C13H20N4O. The van der Waals surface area contributed by atoms with Crippen molar-refractivity contribution in [3.05, 3.63) is 30.1 Å². The van der Waals surface area contributed by atoms with E-state index in [1.807, 2.05) is 19.2 Å². The maximum absolute atomic E-state index is 12.1. The summed E-state index contributed by atoms with van der Waals surface area (Å²) in [4.78, 5) is 20.0. The van der Waals surface area contributed by atoms with E-state index in [0.29, 0.717) is 13.1 Å². The van der Waals surface area contributed by atoms with Crippen molar-refractivity contribution in [2.24, 2.45) is 0 Å². The Bertz CT molecular complexity index is 376. The molecule has 0 aromatic carbocycles. The van der Waals surface area contributed by atoms with Crippen molar-refractivity contribution in [3.63, 3.8) is 0 Å². The van der Waals surface area contributed by atoms with Crippen LogP contribution >= 0.6 is 0 Å². The van der Waals surface area contributed by atoms with Gasteiger partial charge in [-0.1, -0.05) is 0 Å². The number of carbonyl (C=O) groups excluding carboxylic acids is 1. The van der Waals surface area contributed by atoms with E-state index in [-0.39, 0.29) is 5.91 Å². The van der Waals surface area contributed by atoms with Crippen molar-refractivity contribution >= 4 is 5.91 Å². The topological polar surface area (TPSA) is 48.5 Å². The first-order chi connectivity index (χ1) is 8.75. The molecule has 0 atom stereocenters. The highest BCUT2D eigenvalue weighted by molar-refractivity contribution is 5.78. The van der Waals surface area contributed by atoms with Crippen LogP contribution in [0.1, 0.15) is 5.56 Å². The molecule has 98 valence electrons. The van der Waals surface area contributed by atoms with Gasteiger partial charge in [-0.15, -0.1) is 0 Å². The zero-order valence-electron chi connectivity index (χ0n) is 10.8. The lowest BCUT2D eigenvalue weighted by molar-refractivity contribution is -0.131. The van der Waals surface area contributed by atoms with Crippen LogP contribution in [0.2, 0.25) is 0 Å². The standard InChI is InChI=1S/C13H20N4O/c1-16(10-12-2-4-14-5-3-12)13(18)11-17-8-6-15-7-9-17/h2-5,15H,6-11H2,1H3. The average Bonchev–Trinajstić information content (AvgIpc) is 2.41. The van der Waals surface area contributed by atoms with Gasteiger partial charge in [0, 0.05) is 52.2 Å². The molecule has 1 aliphatic rings. The van der Waals surface area contributed by atoms with Gasteiger partial charge in [-0.3, -0.25) is 14.7 Å². The summed E-state index contributed by atoms with van der Waals surface area (Å²) in [7, 11) is 1.85. The summed E-state index contributed by atoms with van der Waals surface area (Å²) < 4.78 is 0. The summed E-state index contributed by atoms with van der Waals surface area (Å²) in [5, 5.41) is 3.28. The summed E-state index contributed by atoms with van der Waals surface area (Å²) in [6, 6.07) is 3.88. The van der Waals surface area contributed by atoms with E-state index < -0.39 is 0 Å². The molecule has 1 aromatic rings. The van der Waals surface area contributed by atoms with E-state index >= 15 is 0 Å². The van der Waals surface area contributed by atoms with Crippen LogP contribution in [0.5, 0.6) is 0 Å². The van der Waals surface area contributed by atoms with Crippen molar-refractivity contribution in [2.45, 2.75) is 6.54 Å². The maximum atomic E-state index is 12.1. The third-order valence-electron chi connectivity index (χ3n) is 3.16. The SMILES string of the molecule is CN(Cc1ccncc1)C(=O)CN1CCNCC1. The van der Waals surface area contributed by atoms with Crippen LogP contribution in [-0.4, -0.2) is 60.5 Å². The third kappa shape index (κ3) is 3.78. The number of pyridine rings is 1. The van der Waals surface area contributed by atoms with E-state index in [9.17, 15) is 4.79 Å². The van der Waals surface area contributed by atoms with Crippen molar-refractivity contribution < 1.29 is 4.79 Å². The molecular weight excluding hydrogens is 228 g/mol. The predicted molar refractivity (Wildman–Crippen MR) is 70.0 cm³/mol. The zero-order chi connectivity index (χ0) is 12.8. The van der Waals surface area contributed by atoms with Gasteiger partial charge in [0.05, 0.1) is 6.54 Å². The number of rotatable bonds is 4. The van der Waals surface area contributed by atoms with Crippen LogP contribution in [-0.2, 0) is 11.3 Å². The number of aromatic nitrogens is 1. The van der Waals surface area contributed by atoms with Crippen LogP contribution in [0, 0.1) is 0 Å². The normalized spacial score (nSPS) is 16.5. The number of nitrogens with one attached hydrogen (secondary N) is 1. The fraction of sp³-hybridized carbons (Fsp3) is 0.538. The van der Waals surface area contributed by atoms with Crippen LogP contribution in [0.15, 0.2) is 24.5 Å². The first-order valence-corrected chi connectivity index (χ1v) is 6.31. The molecule has 2 heterocycles. The first-order valence-electron chi connectivity index (χ1n) is 6.31. The molecule has 5 nitrogen and oxygen atoms in total. The molecule has 1 N–H and O–H groups in total. The molecule has 1 saturated heterocycles. The van der Waals surface area contributed by atoms with Gasteiger partial charge in [0.15, 0.2) is 0 Å². The van der Waals surface area contributed by atoms with Gasteiger partial charge in [-0.05, 0) is 17.7 Å². The largest absolute Gasteiger partial charge is 0.340 e. The molecule has 18 heavy (non-hydrogen) atoms. The Hall–Kier alpha value is -1.46. The van der Waals surface area contributed by atoms with Gasteiger partial charge in [0.1, 0.15) is 0 Å². The zero-order valence-corrected chi connectivity index (χ0v) is 10.8. The third-order valence-corrected chi connectivity index (χ3v) is 3.16. The van der Waals surface area contributed by atoms with Crippen molar-refractivity contribution in [3.8, 4) is 0 Å². The number of likely N-dealkylation sites (N-methyl/N-ethyl adjacent to an activating group) is 1. The highest BCUT2D eigenvalue weighted by Gasteiger charge is 2.16. The predicted octanol–water partition coefficient (Wildman–Crippen LogP) is -0.0548. The second kappa shape index (κ2) is 6.47. The smallest absolute Gasteiger partial charge is 0.236 e. The highest BCUT2D eigenvalue weighted by atomic mass is 16.2. The number of piperazine rings is 1. The van der Waals surface area contributed by atoms with Crippen molar-refractivity contribution in [2.75, 3.05) is 39.8 Å². The molecule has 0 aliphatic carbocycles. The average molecular weight is 248 g/mol. The Labute approximate surface area is 108 Å². The van der Waals surface area contributed by atoms with Gasteiger partial charge in [0.2, 0.25) is 5.91 Å². The molecule has 0 bridgehead atoms.